The number of benzene rings is 1. The van der Waals surface area contributed by atoms with Gasteiger partial charge in [-0.1, -0.05) is 11.6 Å². The quantitative estimate of drug-likeness (QED) is 0.914. The zero-order valence-corrected chi connectivity index (χ0v) is 11.8. The molecule has 4 nitrogen and oxygen atoms in total. The Hall–Kier alpha value is -2.10. The first-order chi connectivity index (χ1) is 8.88. The van der Waals surface area contributed by atoms with E-state index in [9.17, 15) is 4.79 Å². The zero-order valence-electron chi connectivity index (χ0n) is 11.8. The molecule has 0 saturated carbocycles. The van der Waals surface area contributed by atoms with Gasteiger partial charge in [-0.15, -0.1) is 0 Å². The molecule has 19 heavy (non-hydrogen) atoms. The monoisotopic (exact) mass is 257 g/mol. The third-order valence-electron chi connectivity index (χ3n) is 3.09. The molecule has 0 unspecified atom stereocenters. The van der Waals surface area contributed by atoms with Crippen molar-refractivity contribution >= 4 is 22.5 Å². The second-order valence-corrected chi connectivity index (χ2v) is 5.14. The summed E-state index contributed by atoms with van der Waals surface area (Å²) in [5.74, 6) is -0.332. The molecule has 2 aromatic rings. The molecule has 0 aliphatic carbocycles. The Balaban J connectivity index is 2.80. The number of anilines is 1. The van der Waals surface area contributed by atoms with Crippen molar-refractivity contribution in [2.24, 2.45) is 5.73 Å². The minimum Gasteiger partial charge on any atom is -0.377 e. The van der Waals surface area contributed by atoms with E-state index in [4.69, 9.17) is 5.73 Å². The largest absolute Gasteiger partial charge is 0.377 e. The average Bonchev–Trinajstić information content (AvgIpc) is 2.28. The van der Waals surface area contributed by atoms with Crippen LogP contribution in [0.15, 0.2) is 18.2 Å². The number of primary amides is 1. The number of nitrogens with zero attached hydrogens (tertiary/aromatic N) is 2. The smallest absolute Gasteiger partial charge is 0.221 e. The fourth-order valence-electron chi connectivity index (χ4n) is 2.36. The molecule has 100 valence electrons. The van der Waals surface area contributed by atoms with Crippen molar-refractivity contribution in [1.82, 2.24) is 4.98 Å². The van der Waals surface area contributed by atoms with Crippen LogP contribution < -0.4 is 10.6 Å². The fraction of sp³-hybridized carbons (Fsp3) is 0.333. The van der Waals surface area contributed by atoms with E-state index < -0.39 is 0 Å². The summed E-state index contributed by atoms with van der Waals surface area (Å²) < 4.78 is 0. The molecule has 0 atom stereocenters. The highest BCUT2D eigenvalue weighted by molar-refractivity contribution is 5.96. The lowest BCUT2D eigenvalue weighted by atomic mass is 10.0. The number of aryl methyl sites for hydroxylation is 2. The highest BCUT2D eigenvalue weighted by Gasteiger charge is 2.12. The van der Waals surface area contributed by atoms with E-state index in [1.807, 2.05) is 34.0 Å². The van der Waals surface area contributed by atoms with Gasteiger partial charge in [0.25, 0.3) is 0 Å². The summed E-state index contributed by atoms with van der Waals surface area (Å²) in [6, 6.07) is 6.14. The molecule has 0 saturated heterocycles. The van der Waals surface area contributed by atoms with E-state index in [1.54, 1.807) is 0 Å². The van der Waals surface area contributed by atoms with Crippen LogP contribution in [0.3, 0.4) is 0 Å². The number of hydrogen-bond donors (Lipinski definition) is 1. The summed E-state index contributed by atoms with van der Waals surface area (Å²) in [6.07, 6.45) is 0.224. The molecule has 0 aliphatic rings. The van der Waals surface area contributed by atoms with Gasteiger partial charge in [-0.3, -0.25) is 9.78 Å². The number of amides is 1. The van der Waals surface area contributed by atoms with Crippen LogP contribution in [0.2, 0.25) is 0 Å². The lowest BCUT2D eigenvalue weighted by molar-refractivity contribution is -0.117. The third-order valence-corrected chi connectivity index (χ3v) is 3.09. The molecule has 1 aromatic carbocycles. The standard InChI is InChI=1S/C15H19N3O/c1-9-5-11(8-14(16)19)15-12(6-9)13(18(3)4)7-10(2)17-15/h5-7H,8H2,1-4H3,(H2,16,19). The lowest BCUT2D eigenvalue weighted by Crippen LogP contribution is -2.15. The van der Waals surface area contributed by atoms with Crippen LogP contribution in [0.4, 0.5) is 5.69 Å². The van der Waals surface area contributed by atoms with Gasteiger partial charge in [-0.05, 0) is 31.5 Å². The van der Waals surface area contributed by atoms with E-state index in [-0.39, 0.29) is 12.3 Å². The molecular formula is C15H19N3O. The van der Waals surface area contributed by atoms with Crippen molar-refractivity contribution < 1.29 is 4.79 Å². The van der Waals surface area contributed by atoms with Gasteiger partial charge in [0.1, 0.15) is 0 Å². The summed E-state index contributed by atoms with van der Waals surface area (Å²) in [7, 11) is 4.01. The van der Waals surface area contributed by atoms with Gasteiger partial charge in [0.15, 0.2) is 0 Å². The van der Waals surface area contributed by atoms with E-state index in [2.05, 4.69) is 22.0 Å². The third kappa shape index (κ3) is 2.67. The minimum absolute atomic E-state index is 0.224. The molecular weight excluding hydrogens is 238 g/mol. The molecule has 2 N–H and O–H groups in total. The summed E-state index contributed by atoms with van der Waals surface area (Å²) in [4.78, 5) is 17.8. The first-order valence-electron chi connectivity index (χ1n) is 6.25. The van der Waals surface area contributed by atoms with Crippen molar-refractivity contribution in [1.29, 1.82) is 0 Å². The van der Waals surface area contributed by atoms with E-state index >= 15 is 0 Å². The second-order valence-electron chi connectivity index (χ2n) is 5.14. The minimum atomic E-state index is -0.332. The number of pyridine rings is 1. The topological polar surface area (TPSA) is 59.2 Å². The number of aromatic nitrogens is 1. The molecule has 1 amide bonds. The number of hydrogen-bond acceptors (Lipinski definition) is 3. The number of nitrogens with two attached hydrogens (primary N) is 1. The Labute approximate surface area is 113 Å². The normalized spacial score (nSPS) is 10.7. The molecule has 1 heterocycles. The molecule has 0 aliphatic heterocycles. The Kier molecular flexibility index (Phi) is 3.42. The second kappa shape index (κ2) is 4.88. The number of carbonyl (C=O) groups excluding carboxylic acids is 1. The predicted octanol–water partition coefficient (Wildman–Crippen LogP) is 1.95. The van der Waals surface area contributed by atoms with Crippen LogP contribution in [0.5, 0.6) is 0 Å². The summed E-state index contributed by atoms with van der Waals surface area (Å²) in [6.45, 7) is 3.98. The molecule has 0 bridgehead atoms. The SMILES string of the molecule is Cc1cc(CC(N)=O)c2nc(C)cc(N(C)C)c2c1. The highest BCUT2D eigenvalue weighted by Crippen LogP contribution is 2.29. The van der Waals surface area contributed by atoms with Crippen molar-refractivity contribution in [3.8, 4) is 0 Å². The molecule has 1 aromatic heterocycles. The first kappa shape index (κ1) is 13.3. The molecule has 0 spiro atoms. The van der Waals surface area contributed by atoms with Gasteiger partial charge in [-0.2, -0.15) is 0 Å². The maximum absolute atomic E-state index is 11.2. The van der Waals surface area contributed by atoms with Crippen LogP contribution >= 0.6 is 0 Å². The van der Waals surface area contributed by atoms with E-state index in [1.165, 1.54) is 0 Å². The Morgan fingerprint density at radius 2 is 1.95 bits per heavy atom. The lowest BCUT2D eigenvalue weighted by Gasteiger charge is -2.18. The summed E-state index contributed by atoms with van der Waals surface area (Å²) in [5.41, 5.74) is 10.2. The maximum Gasteiger partial charge on any atom is 0.221 e. The molecule has 0 fully saturated rings. The van der Waals surface area contributed by atoms with Crippen molar-refractivity contribution in [3.63, 3.8) is 0 Å². The Bertz CT molecular complexity index is 647. The number of rotatable bonds is 3. The highest BCUT2D eigenvalue weighted by atomic mass is 16.1. The average molecular weight is 257 g/mol. The predicted molar refractivity (Wildman–Crippen MR) is 78.4 cm³/mol. The van der Waals surface area contributed by atoms with Crippen molar-refractivity contribution in [2.75, 3.05) is 19.0 Å². The molecule has 4 heteroatoms. The number of fused-ring (bicyclic) bond motifs is 1. The Morgan fingerprint density at radius 1 is 1.26 bits per heavy atom. The van der Waals surface area contributed by atoms with Gasteiger partial charge < -0.3 is 10.6 Å². The van der Waals surface area contributed by atoms with Gasteiger partial charge >= 0.3 is 0 Å². The van der Waals surface area contributed by atoms with Gasteiger partial charge in [0.05, 0.1) is 11.9 Å². The summed E-state index contributed by atoms with van der Waals surface area (Å²) in [5, 5.41) is 1.06. The van der Waals surface area contributed by atoms with Gasteiger partial charge in [0.2, 0.25) is 5.91 Å². The maximum atomic E-state index is 11.2. The van der Waals surface area contributed by atoms with Gasteiger partial charge in [-0.25, -0.2) is 0 Å². The van der Waals surface area contributed by atoms with E-state index in [0.717, 1.165) is 33.4 Å². The fourth-order valence-corrected chi connectivity index (χ4v) is 2.36. The molecule has 0 radical (unpaired) electrons. The first-order valence-corrected chi connectivity index (χ1v) is 6.25. The van der Waals surface area contributed by atoms with E-state index in [0.29, 0.717) is 0 Å². The van der Waals surface area contributed by atoms with Crippen molar-refractivity contribution in [3.05, 3.63) is 35.0 Å². The van der Waals surface area contributed by atoms with Crippen LogP contribution in [-0.4, -0.2) is 25.0 Å². The zero-order chi connectivity index (χ0) is 14.2. The van der Waals surface area contributed by atoms with Crippen LogP contribution in [0.1, 0.15) is 16.8 Å². The van der Waals surface area contributed by atoms with Crippen LogP contribution in [0.25, 0.3) is 10.9 Å². The molecule has 2 rings (SSSR count). The Morgan fingerprint density at radius 3 is 2.53 bits per heavy atom. The van der Waals surface area contributed by atoms with Gasteiger partial charge in [0, 0.05) is 30.9 Å². The number of carbonyl (C=O) groups is 1. The van der Waals surface area contributed by atoms with Crippen LogP contribution in [0, 0.1) is 13.8 Å². The van der Waals surface area contributed by atoms with Crippen molar-refractivity contribution in [2.45, 2.75) is 20.3 Å². The van der Waals surface area contributed by atoms with Crippen LogP contribution in [-0.2, 0) is 11.2 Å². The summed E-state index contributed by atoms with van der Waals surface area (Å²) >= 11 is 0.